The van der Waals surface area contributed by atoms with Gasteiger partial charge in [0, 0.05) is 13.7 Å². The predicted octanol–water partition coefficient (Wildman–Crippen LogP) is 0.948. The van der Waals surface area contributed by atoms with Crippen LogP contribution in [0.25, 0.3) is 0 Å². The second kappa shape index (κ2) is 4.18. The number of hydrogen-bond donors (Lipinski definition) is 0. The van der Waals surface area contributed by atoms with Gasteiger partial charge in [0.1, 0.15) is 12.7 Å². The van der Waals surface area contributed by atoms with Gasteiger partial charge in [-0.2, -0.15) is 0 Å². The highest BCUT2D eigenvalue weighted by Crippen LogP contribution is 2.11. The second-order valence-corrected chi connectivity index (χ2v) is 2.44. The maximum atomic E-state index is 10.4. The van der Waals surface area contributed by atoms with Gasteiger partial charge in [0.15, 0.2) is 0 Å². The minimum Gasteiger partial charge on any atom is -0.430 e. The number of cyclic esters (lactones) is 2. The van der Waals surface area contributed by atoms with Crippen molar-refractivity contribution >= 4 is 6.16 Å². The summed E-state index contributed by atoms with van der Waals surface area (Å²) in [6.45, 7) is 1.09. The third kappa shape index (κ3) is 2.76. The lowest BCUT2D eigenvalue weighted by atomic mass is 10.2. The quantitative estimate of drug-likeness (QED) is 0.453. The Kier molecular flexibility index (Phi) is 3.16. The Balaban J connectivity index is 2.04. The van der Waals surface area contributed by atoms with Crippen LogP contribution in [0.4, 0.5) is 4.79 Å². The molecule has 1 fully saturated rings. The molecular weight excluding hydrogens is 148 g/mol. The lowest BCUT2D eigenvalue weighted by Crippen LogP contribution is -2.10. The van der Waals surface area contributed by atoms with Gasteiger partial charge < -0.3 is 14.2 Å². The molecule has 0 aromatic carbocycles. The van der Waals surface area contributed by atoms with E-state index in [4.69, 9.17) is 9.47 Å². The number of rotatable bonds is 4. The van der Waals surface area contributed by atoms with E-state index in [2.05, 4.69) is 4.74 Å². The second-order valence-electron chi connectivity index (χ2n) is 2.44. The molecule has 64 valence electrons. The van der Waals surface area contributed by atoms with E-state index in [0.29, 0.717) is 13.2 Å². The SMILES string of the molecule is COCCCC1COC(=O)O1. The first-order chi connectivity index (χ1) is 5.33. The highest BCUT2D eigenvalue weighted by Gasteiger charge is 2.23. The smallest absolute Gasteiger partial charge is 0.430 e. The summed E-state index contributed by atoms with van der Waals surface area (Å²) >= 11 is 0. The van der Waals surface area contributed by atoms with Crippen LogP contribution in [-0.2, 0) is 14.2 Å². The Hall–Kier alpha value is -0.770. The van der Waals surface area contributed by atoms with Gasteiger partial charge >= 0.3 is 6.16 Å². The van der Waals surface area contributed by atoms with Crippen molar-refractivity contribution in [2.75, 3.05) is 20.3 Å². The van der Waals surface area contributed by atoms with E-state index in [1.165, 1.54) is 0 Å². The first-order valence-corrected chi connectivity index (χ1v) is 3.65. The van der Waals surface area contributed by atoms with Crippen molar-refractivity contribution < 1.29 is 19.0 Å². The van der Waals surface area contributed by atoms with E-state index in [1.54, 1.807) is 7.11 Å². The molecule has 1 aliphatic heterocycles. The van der Waals surface area contributed by atoms with E-state index < -0.39 is 6.16 Å². The van der Waals surface area contributed by atoms with Crippen LogP contribution >= 0.6 is 0 Å². The first-order valence-electron chi connectivity index (χ1n) is 3.65. The molecule has 0 aromatic rings. The molecule has 1 aliphatic rings. The molecule has 4 heteroatoms. The van der Waals surface area contributed by atoms with E-state index in [9.17, 15) is 4.79 Å². The van der Waals surface area contributed by atoms with E-state index in [1.807, 2.05) is 0 Å². The molecule has 1 unspecified atom stereocenters. The van der Waals surface area contributed by atoms with Crippen molar-refractivity contribution in [3.05, 3.63) is 0 Å². The van der Waals surface area contributed by atoms with Crippen LogP contribution in [0.1, 0.15) is 12.8 Å². The number of methoxy groups -OCH3 is 1. The minimum absolute atomic E-state index is 0.0577. The molecule has 0 radical (unpaired) electrons. The maximum absolute atomic E-state index is 10.4. The van der Waals surface area contributed by atoms with Gasteiger partial charge in [-0.1, -0.05) is 0 Å². The molecule has 1 rings (SSSR count). The summed E-state index contributed by atoms with van der Waals surface area (Å²) in [6.07, 6.45) is 1.11. The fourth-order valence-electron chi connectivity index (χ4n) is 0.963. The summed E-state index contributed by atoms with van der Waals surface area (Å²) in [7, 11) is 1.65. The molecule has 0 N–H and O–H groups in total. The summed E-state index contributed by atoms with van der Waals surface area (Å²) in [5.74, 6) is 0. The van der Waals surface area contributed by atoms with Crippen LogP contribution in [0, 0.1) is 0 Å². The number of carbonyl (C=O) groups excluding carboxylic acids is 1. The van der Waals surface area contributed by atoms with Gasteiger partial charge in [-0.15, -0.1) is 0 Å². The summed E-state index contributed by atoms with van der Waals surface area (Å²) in [4.78, 5) is 10.4. The molecular formula is C7H12O4. The van der Waals surface area contributed by atoms with Crippen molar-refractivity contribution in [3.63, 3.8) is 0 Å². The topological polar surface area (TPSA) is 44.8 Å². The summed E-state index contributed by atoms with van der Waals surface area (Å²) in [6, 6.07) is 0. The van der Waals surface area contributed by atoms with Crippen molar-refractivity contribution in [3.8, 4) is 0 Å². The van der Waals surface area contributed by atoms with Crippen molar-refractivity contribution in [2.24, 2.45) is 0 Å². The predicted molar refractivity (Wildman–Crippen MR) is 37.3 cm³/mol. The average molecular weight is 160 g/mol. The van der Waals surface area contributed by atoms with Crippen molar-refractivity contribution in [2.45, 2.75) is 18.9 Å². The molecule has 0 aromatic heterocycles. The highest BCUT2D eigenvalue weighted by atomic mass is 16.8. The monoisotopic (exact) mass is 160 g/mol. The lowest BCUT2D eigenvalue weighted by Gasteiger charge is -2.03. The Labute approximate surface area is 65.4 Å². The number of carbonyl (C=O) groups is 1. The zero-order valence-electron chi connectivity index (χ0n) is 6.54. The van der Waals surface area contributed by atoms with Gasteiger partial charge in [-0.25, -0.2) is 4.79 Å². The lowest BCUT2D eigenvalue weighted by molar-refractivity contribution is 0.111. The molecule has 11 heavy (non-hydrogen) atoms. The molecule has 0 bridgehead atoms. The molecule has 1 saturated heterocycles. The van der Waals surface area contributed by atoms with Crippen LogP contribution in [0.15, 0.2) is 0 Å². The molecule has 0 saturated carbocycles. The fourth-order valence-corrected chi connectivity index (χ4v) is 0.963. The largest absolute Gasteiger partial charge is 0.508 e. The Morgan fingerprint density at radius 3 is 3.09 bits per heavy atom. The molecule has 0 spiro atoms. The van der Waals surface area contributed by atoms with Crippen molar-refractivity contribution in [1.82, 2.24) is 0 Å². The highest BCUT2D eigenvalue weighted by molar-refractivity contribution is 5.61. The van der Waals surface area contributed by atoms with Gasteiger partial charge in [0.2, 0.25) is 0 Å². The van der Waals surface area contributed by atoms with Crippen LogP contribution < -0.4 is 0 Å². The van der Waals surface area contributed by atoms with E-state index in [-0.39, 0.29) is 6.10 Å². The molecule has 0 amide bonds. The summed E-state index contributed by atoms with van der Waals surface area (Å²) in [5.41, 5.74) is 0. The minimum atomic E-state index is -0.549. The molecule has 0 aliphatic carbocycles. The zero-order valence-corrected chi connectivity index (χ0v) is 6.54. The molecule has 1 heterocycles. The molecule has 1 atom stereocenters. The fraction of sp³-hybridized carbons (Fsp3) is 0.857. The van der Waals surface area contributed by atoms with Gasteiger partial charge in [-0.3, -0.25) is 0 Å². The summed E-state index contributed by atoms with van der Waals surface area (Å²) in [5, 5.41) is 0. The standard InChI is InChI=1S/C7H12O4/c1-9-4-2-3-6-5-10-7(8)11-6/h6H,2-5H2,1H3. The van der Waals surface area contributed by atoms with Gasteiger partial charge in [0.25, 0.3) is 0 Å². The number of hydrogen-bond acceptors (Lipinski definition) is 4. The Bertz CT molecular complexity index is 134. The average Bonchev–Trinajstić information content (AvgIpc) is 2.37. The van der Waals surface area contributed by atoms with Crippen LogP contribution in [-0.4, -0.2) is 32.6 Å². The maximum Gasteiger partial charge on any atom is 0.508 e. The van der Waals surface area contributed by atoms with Crippen LogP contribution in [0.2, 0.25) is 0 Å². The number of ether oxygens (including phenoxy) is 3. The van der Waals surface area contributed by atoms with E-state index >= 15 is 0 Å². The van der Waals surface area contributed by atoms with Gasteiger partial charge in [-0.05, 0) is 12.8 Å². The van der Waals surface area contributed by atoms with Crippen molar-refractivity contribution in [1.29, 1.82) is 0 Å². The van der Waals surface area contributed by atoms with Crippen LogP contribution in [0.3, 0.4) is 0 Å². The normalized spacial score (nSPS) is 23.0. The Morgan fingerprint density at radius 1 is 1.73 bits per heavy atom. The third-order valence-electron chi connectivity index (χ3n) is 1.52. The third-order valence-corrected chi connectivity index (χ3v) is 1.52. The van der Waals surface area contributed by atoms with Gasteiger partial charge in [0.05, 0.1) is 0 Å². The van der Waals surface area contributed by atoms with E-state index in [0.717, 1.165) is 12.8 Å². The first kappa shape index (κ1) is 8.33. The molecule has 4 nitrogen and oxygen atoms in total. The Morgan fingerprint density at radius 2 is 2.55 bits per heavy atom. The zero-order chi connectivity index (χ0) is 8.10. The van der Waals surface area contributed by atoms with Crippen LogP contribution in [0.5, 0.6) is 0 Å². The summed E-state index contributed by atoms with van der Waals surface area (Å²) < 4.78 is 14.2.